The molecule has 102 valence electrons. The van der Waals surface area contributed by atoms with Crippen molar-refractivity contribution in [3.05, 3.63) is 12.7 Å². The second-order valence-corrected chi connectivity index (χ2v) is 4.06. The van der Waals surface area contributed by atoms with Crippen LogP contribution in [-0.4, -0.2) is 37.3 Å². The number of amides is 1. The van der Waals surface area contributed by atoms with Crippen LogP contribution in [0.25, 0.3) is 11.2 Å². The minimum Gasteiger partial charge on any atom is -0.337 e. The highest BCUT2D eigenvalue weighted by Crippen LogP contribution is 2.15. The number of imidazole rings is 1. The maximum absolute atomic E-state index is 12.0. The van der Waals surface area contributed by atoms with Gasteiger partial charge in [0.1, 0.15) is 12.7 Å². The molecule has 1 amide bonds. The lowest BCUT2D eigenvalue weighted by Crippen LogP contribution is -2.29. The number of hydrogen-bond acceptors (Lipinski definition) is 6. The number of fused-ring (bicyclic) bond motifs is 1. The zero-order valence-electron chi connectivity index (χ0n) is 10.6. The van der Waals surface area contributed by atoms with E-state index in [0.29, 0.717) is 17.7 Å². The van der Waals surface area contributed by atoms with Gasteiger partial charge in [0.25, 0.3) is 0 Å². The van der Waals surface area contributed by atoms with E-state index >= 15 is 0 Å². The van der Waals surface area contributed by atoms with Crippen molar-refractivity contribution in [3.8, 4) is 0 Å². The monoisotopic (exact) mass is 264 g/mol. The zero-order valence-corrected chi connectivity index (χ0v) is 10.6. The number of rotatable bonds is 5. The summed E-state index contributed by atoms with van der Waals surface area (Å²) in [5, 5.41) is 11.7. The van der Waals surface area contributed by atoms with Gasteiger partial charge >= 0.3 is 6.03 Å². The molecule has 0 atom stereocenters. The molecule has 0 bridgehead atoms. The fraction of sp³-hybridized carbons (Fsp3) is 0.455. The minimum atomic E-state index is -0.291. The molecule has 8 heteroatoms. The molecule has 0 aliphatic carbocycles. The molecule has 2 rings (SSSR count). The van der Waals surface area contributed by atoms with Crippen LogP contribution in [0.1, 0.15) is 26.2 Å². The van der Waals surface area contributed by atoms with E-state index in [1.165, 1.54) is 17.2 Å². The largest absolute Gasteiger partial charge is 0.337 e. The average Bonchev–Trinajstić information content (AvgIpc) is 2.87. The minimum absolute atomic E-state index is 0.169. The lowest BCUT2D eigenvalue weighted by Gasteiger charge is -2.05. The highest BCUT2D eigenvalue weighted by atomic mass is 16.5. The van der Waals surface area contributed by atoms with Gasteiger partial charge in [0, 0.05) is 6.54 Å². The average molecular weight is 264 g/mol. The second kappa shape index (κ2) is 6.10. The van der Waals surface area contributed by atoms with Crippen molar-refractivity contribution in [2.75, 3.05) is 12.0 Å². The number of carbonyl (C=O) groups excluding carboxylic acids is 1. The Bertz CT molecular complexity index is 567. The molecule has 3 N–H and O–H groups in total. The lowest BCUT2D eigenvalue weighted by atomic mass is 10.2. The van der Waals surface area contributed by atoms with Gasteiger partial charge in [-0.3, -0.25) is 10.7 Å². The van der Waals surface area contributed by atoms with Gasteiger partial charge < -0.3 is 5.32 Å². The lowest BCUT2D eigenvalue weighted by molar-refractivity contribution is 0.243. The number of anilines is 1. The molecule has 8 nitrogen and oxygen atoms in total. The topological polar surface area (TPSA) is 105 Å². The summed E-state index contributed by atoms with van der Waals surface area (Å²) in [6, 6.07) is -0.291. The third kappa shape index (κ3) is 2.79. The number of nitrogens with one attached hydrogen (secondary N) is 2. The SMILES string of the molecule is CCCCCNC(=O)n1cnc2c(NO)ncnc21. The Kier molecular flexibility index (Phi) is 4.24. The van der Waals surface area contributed by atoms with E-state index in [-0.39, 0.29) is 11.8 Å². The van der Waals surface area contributed by atoms with Gasteiger partial charge in [-0.25, -0.2) is 24.3 Å². The highest BCUT2D eigenvalue weighted by molar-refractivity contribution is 5.91. The third-order valence-electron chi connectivity index (χ3n) is 2.71. The Balaban J connectivity index is 2.14. The van der Waals surface area contributed by atoms with E-state index in [1.807, 2.05) is 5.48 Å². The van der Waals surface area contributed by atoms with Gasteiger partial charge in [-0.2, -0.15) is 0 Å². The quantitative estimate of drug-likeness (QED) is 0.556. The molecule has 0 aromatic carbocycles. The molecular formula is C11H16N6O2. The van der Waals surface area contributed by atoms with Gasteiger partial charge in [0.2, 0.25) is 0 Å². The van der Waals surface area contributed by atoms with Gasteiger partial charge in [-0.1, -0.05) is 19.8 Å². The molecule has 0 saturated heterocycles. The summed E-state index contributed by atoms with van der Waals surface area (Å²) in [5.74, 6) is 0.169. The van der Waals surface area contributed by atoms with Crippen LogP contribution < -0.4 is 10.8 Å². The van der Waals surface area contributed by atoms with Crippen LogP contribution in [0, 0.1) is 0 Å². The molecule has 0 aliphatic heterocycles. The molecule has 0 saturated carbocycles. The fourth-order valence-corrected chi connectivity index (χ4v) is 1.72. The summed E-state index contributed by atoms with van der Waals surface area (Å²) in [6.07, 6.45) is 5.72. The van der Waals surface area contributed by atoms with Crippen molar-refractivity contribution < 1.29 is 10.0 Å². The molecular weight excluding hydrogens is 248 g/mol. The zero-order chi connectivity index (χ0) is 13.7. The Morgan fingerprint density at radius 1 is 1.37 bits per heavy atom. The van der Waals surface area contributed by atoms with Gasteiger partial charge in [-0.05, 0) is 6.42 Å². The standard InChI is InChI=1S/C11H16N6O2/c1-2-3-4-5-12-11(18)17-7-15-8-9(16-19)13-6-14-10(8)17/h6-7,19H,2-5H2,1H3,(H,12,18)(H,13,14,16). The molecule has 0 spiro atoms. The molecule has 0 fully saturated rings. The van der Waals surface area contributed by atoms with E-state index in [0.717, 1.165) is 19.3 Å². The molecule has 2 aromatic heterocycles. The van der Waals surface area contributed by atoms with Crippen molar-refractivity contribution in [3.63, 3.8) is 0 Å². The van der Waals surface area contributed by atoms with Crippen LogP contribution in [0.2, 0.25) is 0 Å². The molecule has 0 unspecified atom stereocenters. The molecule has 0 aliphatic rings. The number of aromatic nitrogens is 4. The van der Waals surface area contributed by atoms with Crippen LogP contribution in [0.3, 0.4) is 0 Å². The summed E-state index contributed by atoms with van der Waals surface area (Å²) in [6.45, 7) is 2.72. The number of unbranched alkanes of at least 4 members (excludes halogenated alkanes) is 2. The second-order valence-electron chi connectivity index (χ2n) is 4.06. The molecule has 2 heterocycles. The summed E-state index contributed by atoms with van der Waals surface area (Å²) in [4.78, 5) is 23.8. The van der Waals surface area contributed by atoms with E-state index in [1.54, 1.807) is 0 Å². The summed E-state index contributed by atoms with van der Waals surface area (Å²) in [7, 11) is 0. The van der Waals surface area contributed by atoms with Crippen LogP contribution in [-0.2, 0) is 0 Å². The number of carbonyl (C=O) groups is 1. The van der Waals surface area contributed by atoms with Gasteiger partial charge in [-0.15, -0.1) is 0 Å². The Morgan fingerprint density at radius 3 is 2.95 bits per heavy atom. The maximum atomic E-state index is 12.0. The summed E-state index contributed by atoms with van der Waals surface area (Å²) < 4.78 is 1.30. The van der Waals surface area contributed by atoms with Crippen molar-refractivity contribution >= 4 is 23.0 Å². The van der Waals surface area contributed by atoms with Gasteiger partial charge in [0.15, 0.2) is 17.0 Å². The van der Waals surface area contributed by atoms with Crippen molar-refractivity contribution in [1.29, 1.82) is 0 Å². The summed E-state index contributed by atoms with van der Waals surface area (Å²) >= 11 is 0. The predicted octanol–water partition coefficient (Wildman–Crippen LogP) is 1.38. The van der Waals surface area contributed by atoms with Crippen molar-refractivity contribution in [2.24, 2.45) is 0 Å². The van der Waals surface area contributed by atoms with Crippen LogP contribution in [0.5, 0.6) is 0 Å². The first-order valence-corrected chi connectivity index (χ1v) is 6.14. The molecule has 19 heavy (non-hydrogen) atoms. The van der Waals surface area contributed by atoms with Crippen molar-refractivity contribution in [2.45, 2.75) is 26.2 Å². The van der Waals surface area contributed by atoms with Crippen LogP contribution >= 0.6 is 0 Å². The van der Waals surface area contributed by atoms with Gasteiger partial charge in [0.05, 0.1) is 0 Å². The van der Waals surface area contributed by atoms with E-state index in [9.17, 15) is 4.79 Å². The smallest absolute Gasteiger partial charge is 0.328 e. The predicted molar refractivity (Wildman–Crippen MR) is 69.1 cm³/mol. The highest BCUT2D eigenvalue weighted by Gasteiger charge is 2.13. The number of nitrogens with zero attached hydrogens (tertiary/aromatic N) is 4. The molecule has 0 radical (unpaired) electrons. The first-order chi connectivity index (χ1) is 9.27. The van der Waals surface area contributed by atoms with E-state index in [2.05, 4.69) is 27.2 Å². The Hall–Kier alpha value is -2.22. The molecule has 2 aromatic rings. The van der Waals surface area contributed by atoms with Crippen LogP contribution in [0.4, 0.5) is 10.6 Å². The van der Waals surface area contributed by atoms with E-state index < -0.39 is 0 Å². The third-order valence-corrected chi connectivity index (χ3v) is 2.71. The normalized spacial score (nSPS) is 10.6. The maximum Gasteiger partial charge on any atom is 0.328 e. The fourth-order valence-electron chi connectivity index (χ4n) is 1.72. The number of hydrogen-bond donors (Lipinski definition) is 3. The first-order valence-electron chi connectivity index (χ1n) is 6.14. The summed E-state index contributed by atoms with van der Waals surface area (Å²) in [5.41, 5.74) is 2.61. The first kappa shape index (κ1) is 13.2. The Morgan fingerprint density at radius 2 is 2.21 bits per heavy atom. The Labute approximate surface area is 109 Å². The van der Waals surface area contributed by atoms with E-state index in [4.69, 9.17) is 5.21 Å². The van der Waals surface area contributed by atoms with Crippen LogP contribution in [0.15, 0.2) is 12.7 Å². The van der Waals surface area contributed by atoms with Crippen molar-refractivity contribution in [1.82, 2.24) is 24.8 Å².